The van der Waals surface area contributed by atoms with Crippen LogP contribution in [0.1, 0.15) is 47.0 Å². The van der Waals surface area contributed by atoms with Crippen molar-refractivity contribution in [2.45, 2.75) is 56.8 Å². The maximum Gasteiger partial charge on any atom is 0.325 e. The van der Waals surface area contributed by atoms with Gasteiger partial charge in [0.1, 0.15) is 12.1 Å². The van der Waals surface area contributed by atoms with E-state index >= 15 is 0 Å². The minimum absolute atomic E-state index is 0.0429. The number of carbonyl (C=O) groups excluding carboxylic acids is 3. The van der Waals surface area contributed by atoms with Crippen molar-refractivity contribution in [2.24, 2.45) is 11.3 Å². The summed E-state index contributed by atoms with van der Waals surface area (Å²) in [5, 5.41) is 13.7. The lowest BCUT2D eigenvalue weighted by Crippen LogP contribution is -2.54. The molecule has 0 radical (unpaired) electrons. The van der Waals surface area contributed by atoms with Crippen molar-refractivity contribution in [3.63, 3.8) is 0 Å². The summed E-state index contributed by atoms with van der Waals surface area (Å²) in [6.07, 6.45) is 2.20. The second-order valence-electron chi connectivity index (χ2n) is 8.11. The molecule has 1 spiro atoms. The molecule has 2 atom stereocenters. The zero-order valence-electron chi connectivity index (χ0n) is 16.0. The molecule has 0 aromatic carbocycles. The van der Waals surface area contributed by atoms with Crippen LogP contribution in [0.15, 0.2) is 4.34 Å². The second-order valence-corrected chi connectivity index (χ2v) is 10.6. The van der Waals surface area contributed by atoms with Gasteiger partial charge in [-0.25, -0.2) is 4.79 Å². The van der Waals surface area contributed by atoms with Crippen molar-refractivity contribution >= 4 is 46.1 Å². The zero-order chi connectivity index (χ0) is 19.8. The highest BCUT2D eigenvalue weighted by molar-refractivity contribution is 8.01. The molecule has 3 rings (SSSR count). The molecule has 1 aliphatic heterocycles. The van der Waals surface area contributed by atoms with Gasteiger partial charge in [0.25, 0.3) is 5.91 Å². The van der Waals surface area contributed by atoms with E-state index in [1.807, 2.05) is 6.92 Å². The summed E-state index contributed by atoms with van der Waals surface area (Å²) in [5.41, 5.74) is -0.940. The van der Waals surface area contributed by atoms with Crippen molar-refractivity contribution in [3.05, 3.63) is 0 Å². The first kappa shape index (κ1) is 20.1. The SMILES string of the molecule is CCSc1nnc(NC(=O)CN2C(=O)N[C@@]3(C[C@@H](C)CC(C)(C)C3)C2=O)s1. The third-order valence-electron chi connectivity index (χ3n) is 4.85. The molecule has 1 aromatic heterocycles. The summed E-state index contributed by atoms with van der Waals surface area (Å²) in [4.78, 5) is 38.8. The molecule has 148 valence electrons. The summed E-state index contributed by atoms with van der Waals surface area (Å²) < 4.78 is 0.764. The predicted octanol–water partition coefficient (Wildman–Crippen LogP) is 2.73. The van der Waals surface area contributed by atoms with Gasteiger partial charge in [-0.15, -0.1) is 10.2 Å². The van der Waals surface area contributed by atoms with E-state index in [1.165, 1.54) is 23.1 Å². The van der Waals surface area contributed by atoms with Crippen LogP contribution in [0.25, 0.3) is 0 Å². The Morgan fingerprint density at radius 3 is 2.78 bits per heavy atom. The fraction of sp³-hybridized carbons (Fsp3) is 0.706. The van der Waals surface area contributed by atoms with Gasteiger partial charge in [0, 0.05) is 0 Å². The van der Waals surface area contributed by atoms with E-state index in [1.54, 1.807) is 0 Å². The van der Waals surface area contributed by atoms with Crippen LogP contribution in [0.3, 0.4) is 0 Å². The van der Waals surface area contributed by atoms with Gasteiger partial charge in [-0.2, -0.15) is 0 Å². The number of nitrogens with zero attached hydrogens (tertiary/aromatic N) is 3. The number of hydrogen-bond acceptors (Lipinski definition) is 7. The van der Waals surface area contributed by atoms with Gasteiger partial charge in [-0.3, -0.25) is 19.8 Å². The van der Waals surface area contributed by atoms with Crippen molar-refractivity contribution in [1.82, 2.24) is 20.4 Å². The molecule has 2 fully saturated rings. The van der Waals surface area contributed by atoms with E-state index in [4.69, 9.17) is 0 Å². The van der Waals surface area contributed by atoms with Crippen molar-refractivity contribution in [3.8, 4) is 0 Å². The summed E-state index contributed by atoms with van der Waals surface area (Å²) >= 11 is 2.81. The number of imide groups is 1. The molecule has 10 heteroatoms. The number of urea groups is 1. The highest BCUT2D eigenvalue weighted by Crippen LogP contribution is 2.46. The van der Waals surface area contributed by atoms with Crippen molar-refractivity contribution < 1.29 is 14.4 Å². The Bertz CT molecular complexity index is 766. The minimum atomic E-state index is -0.897. The first-order chi connectivity index (χ1) is 12.6. The fourth-order valence-electron chi connectivity index (χ4n) is 4.39. The van der Waals surface area contributed by atoms with E-state index in [-0.39, 0.29) is 17.9 Å². The normalized spacial score (nSPS) is 27.1. The van der Waals surface area contributed by atoms with E-state index in [2.05, 4.69) is 41.6 Å². The summed E-state index contributed by atoms with van der Waals surface area (Å²) in [7, 11) is 0. The van der Waals surface area contributed by atoms with Gasteiger partial charge in [0.05, 0.1) is 0 Å². The van der Waals surface area contributed by atoms with Gasteiger partial charge >= 0.3 is 6.03 Å². The molecule has 0 unspecified atom stereocenters. The molecule has 2 heterocycles. The van der Waals surface area contributed by atoms with Crippen LogP contribution in [0.4, 0.5) is 9.93 Å². The summed E-state index contributed by atoms with van der Waals surface area (Å²) in [5.74, 6) is 0.425. The second kappa shape index (κ2) is 7.38. The van der Waals surface area contributed by atoms with Crippen LogP contribution in [-0.2, 0) is 9.59 Å². The van der Waals surface area contributed by atoms with Crippen molar-refractivity contribution in [2.75, 3.05) is 17.6 Å². The highest BCUT2D eigenvalue weighted by Gasteiger charge is 2.56. The van der Waals surface area contributed by atoms with Crippen LogP contribution in [-0.4, -0.2) is 50.8 Å². The highest BCUT2D eigenvalue weighted by atomic mass is 32.2. The molecule has 27 heavy (non-hydrogen) atoms. The minimum Gasteiger partial charge on any atom is -0.323 e. The number of amides is 4. The number of nitrogens with one attached hydrogen (secondary N) is 2. The predicted molar refractivity (Wildman–Crippen MR) is 105 cm³/mol. The lowest BCUT2D eigenvalue weighted by molar-refractivity contribution is -0.136. The van der Waals surface area contributed by atoms with E-state index < -0.39 is 17.5 Å². The molecule has 1 saturated heterocycles. The standard InChI is InChI=1S/C17H25N5O3S2/c1-5-26-15-21-20-13(27-15)18-11(23)8-22-12(24)17(19-14(22)25)7-10(2)6-16(3,4)9-17/h10H,5-9H2,1-4H3,(H,19,25)(H,18,20,23)/t10-,17+/m0/s1. The molecular formula is C17H25N5O3S2. The van der Waals surface area contributed by atoms with Crippen molar-refractivity contribution in [1.29, 1.82) is 0 Å². The van der Waals surface area contributed by atoms with Crippen LogP contribution in [0.5, 0.6) is 0 Å². The Hall–Kier alpha value is -1.68. The average Bonchev–Trinajstić information content (AvgIpc) is 3.04. The maximum absolute atomic E-state index is 13.0. The Morgan fingerprint density at radius 1 is 1.37 bits per heavy atom. The lowest BCUT2D eigenvalue weighted by Gasteiger charge is -2.43. The Balaban J connectivity index is 1.67. The maximum atomic E-state index is 13.0. The largest absolute Gasteiger partial charge is 0.325 e. The molecule has 1 aromatic rings. The quantitative estimate of drug-likeness (QED) is 0.439. The fourth-order valence-corrected chi connectivity index (χ4v) is 6.06. The van der Waals surface area contributed by atoms with E-state index in [0.29, 0.717) is 23.9 Å². The molecule has 0 bridgehead atoms. The van der Waals surface area contributed by atoms with Gasteiger partial charge in [-0.05, 0) is 36.3 Å². The molecular weight excluding hydrogens is 386 g/mol. The van der Waals surface area contributed by atoms with E-state index in [0.717, 1.165) is 21.4 Å². The number of carbonyl (C=O) groups is 3. The molecule has 1 aliphatic carbocycles. The number of thioether (sulfide) groups is 1. The molecule has 4 amide bonds. The van der Waals surface area contributed by atoms with Crippen LogP contribution in [0, 0.1) is 11.3 Å². The van der Waals surface area contributed by atoms with Gasteiger partial charge < -0.3 is 5.32 Å². The van der Waals surface area contributed by atoms with Crippen LogP contribution in [0.2, 0.25) is 0 Å². The first-order valence-corrected chi connectivity index (χ1v) is 10.8. The Labute approximate surface area is 166 Å². The van der Waals surface area contributed by atoms with E-state index in [9.17, 15) is 14.4 Å². The summed E-state index contributed by atoms with van der Waals surface area (Å²) in [6.45, 7) is 8.00. The smallest absolute Gasteiger partial charge is 0.323 e. The van der Waals surface area contributed by atoms with Gasteiger partial charge in [-0.1, -0.05) is 50.8 Å². The van der Waals surface area contributed by atoms with Gasteiger partial charge in [0.15, 0.2) is 4.34 Å². The average molecular weight is 412 g/mol. The molecule has 2 N–H and O–H groups in total. The Morgan fingerprint density at radius 2 is 2.11 bits per heavy atom. The zero-order valence-corrected chi connectivity index (χ0v) is 17.6. The van der Waals surface area contributed by atoms with Crippen LogP contribution >= 0.6 is 23.1 Å². The summed E-state index contributed by atoms with van der Waals surface area (Å²) in [6, 6.07) is -0.500. The number of aromatic nitrogens is 2. The van der Waals surface area contributed by atoms with Crippen LogP contribution < -0.4 is 10.6 Å². The number of rotatable bonds is 5. The lowest BCUT2D eigenvalue weighted by atomic mass is 9.64. The number of hydrogen-bond donors (Lipinski definition) is 2. The monoisotopic (exact) mass is 411 g/mol. The molecule has 2 aliphatic rings. The molecule has 8 nitrogen and oxygen atoms in total. The third kappa shape index (κ3) is 4.26. The number of anilines is 1. The topological polar surface area (TPSA) is 104 Å². The first-order valence-electron chi connectivity index (χ1n) is 9.04. The third-order valence-corrected chi connectivity index (χ3v) is 6.70. The Kier molecular flexibility index (Phi) is 5.49. The molecule has 1 saturated carbocycles. The van der Waals surface area contributed by atoms with Gasteiger partial charge in [0.2, 0.25) is 11.0 Å².